The summed E-state index contributed by atoms with van der Waals surface area (Å²) >= 11 is 0. The van der Waals surface area contributed by atoms with Crippen LogP contribution in [0.1, 0.15) is 115 Å². The van der Waals surface area contributed by atoms with Gasteiger partial charge in [-0.1, -0.05) is 141 Å². The van der Waals surface area contributed by atoms with Crippen LogP contribution in [-0.2, 0) is 56.7 Å². The van der Waals surface area contributed by atoms with E-state index < -0.39 is 98.6 Å². The number of fused-ring (bicyclic) bond motifs is 1. The third-order valence-electron chi connectivity index (χ3n) is 15.6. The molecule has 0 amide bonds. The number of hydrogen-bond acceptors (Lipinski definition) is 18. The summed E-state index contributed by atoms with van der Waals surface area (Å²) in [5, 5.41) is 12.7. The number of carbonyl (C=O) groups is 5. The number of ether oxygens (including phenoxy) is 12. The Morgan fingerprint density at radius 3 is 1.67 bits per heavy atom. The number of Topliss-reactive ketones (excluding diaryl/α,β-unsaturated/α-hetero) is 1. The van der Waals surface area contributed by atoms with Gasteiger partial charge in [0.15, 0.2) is 31.9 Å². The lowest BCUT2D eigenvalue weighted by Crippen LogP contribution is -2.67. The first-order valence-electron chi connectivity index (χ1n) is 29.1. The van der Waals surface area contributed by atoms with Crippen molar-refractivity contribution < 1.29 is 90.3 Å². The molecule has 1 aliphatic rings. The number of benzene rings is 4. The van der Waals surface area contributed by atoms with Crippen LogP contribution in [0.15, 0.2) is 97.6 Å². The molecule has 1 unspecified atom stereocenters. The molecule has 9 atom stereocenters. The normalized spacial score (nSPS) is 18.2. The summed E-state index contributed by atoms with van der Waals surface area (Å²) in [5.74, 6) is -9.97. The van der Waals surface area contributed by atoms with E-state index >= 15 is 4.79 Å². The Morgan fingerprint density at radius 1 is 0.678 bits per heavy atom. The molecule has 1 heterocycles. The molecule has 0 spiro atoms. The second-order valence-electron chi connectivity index (χ2n) is 23.5. The molecule has 20 heteroatoms. The number of carbonyl (C=O) groups excluding carboxylic acids is 4. The highest BCUT2D eigenvalue weighted by molar-refractivity contribution is 6.99. The average molecular weight is 1230 g/mol. The molecule has 19 nitrogen and oxygen atoms in total. The Morgan fingerprint density at radius 2 is 1.17 bits per heavy atom. The van der Waals surface area contributed by atoms with Crippen LogP contribution >= 0.6 is 0 Å². The molecule has 1 aliphatic heterocycles. The third-order valence-corrected chi connectivity index (χ3v) is 20.6. The van der Waals surface area contributed by atoms with Gasteiger partial charge in [-0.3, -0.25) is 19.2 Å². The second kappa shape index (κ2) is 31.3. The van der Waals surface area contributed by atoms with Gasteiger partial charge in [0.05, 0.1) is 23.2 Å². The Hall–Kier alpha value is -6.91. The van der Waals surface area contributed by atoms with Gasteiger partial charge < -0.3 is 66.4 Å². The molecule has 4 aromatic rings. The minimum atomic E-state index is -3.04. The summed E-state index contributed by atoms with van der Waals surface area (Å²) in [6, 6.07) is 20.6. The van der Waals surface area contributed by atoms with E-state index in [9.17, 15) is 24.3 Å². The number of carboxylic acids is 1. The van der Waals surface area contributed by atoms with Gasteiger partial charge in [-0.2, -0.15) is 0 Å². The number of esters is 3. The highest BCUT2D eigenvalue weighted by Gasteiger charge is 2.55. The predicted molar refractivity (Wildman–Crippen MR) is 331 cm³/mol. The van der Waals surface area contributed by atoms with Gasteiger partial charge in [0.25, 0.3) is 8.32 Å². The van der Waals surface area contributed by atoms with Crippen molar-refractivity contribution in [2.45, 2.75) is 132 Å². The van der Waals surface area contributed by atoms with Crippen LogP contribution in [0.5, 0.6) is 23.0 Å². The van der Waals surface area contributed by atoms with E-state index in [0.717, 1.165) is 10.4 Å². The lowest BCUT2D eigenvalue weighted by atomic mass is 9.75. The second-order valence-corrected chi connectivity index (χ2v) is 27.8. The molecular formula is C67H90O19Si. The number of allylic oxidation sites excluding steroid dienone is 1. The summed E-state index contributed by atoms with van der Waals surface area (Å²) in [6.45, 7) is 31.0. The van der Waals surface area contributed by atoms with Crippen molar-refractivity contribution >= 4 is 59.1 Å². The number of methoxy groups -OCH3 is 3. The Labute approximate surface area is 513 Å². The maximum atomic E-state index is 15.7. The van der Waals surface area contributed by atoms with E-state index in [1.807, 2.05) is 50.2 Å². The zero-order valence-corrected chi connectivity index (χ0v) is 54.7. The van der Waals surface area contributed by atoms with Crippen LogP contribution in [0, 0.1) is 43.4 Å². The van der Waals surface area contributed by atoms with E-state index in [4.69, 9.17) is 61.3 Å². The van der Waals surface area contributed by atoms with Gasteiger partial charge in [0.1, 0.15) is 59.9 Å². The molecule has 5 rings (SSSR count). The standard InChI is InChI=1S/C67H90O19Si/c1-20-32-77-60-45(9)59(80-37-75-18)52(51-53(60)63(81-38-76-19)50(64(71)72)42(6)58(51)79-36-74-17)55(70)39(3)34-40(4)56(83-46(10)68)43(7)61(84-47(11)69)54(65(73)78-33-21-2)62-44(8)57(85-67(15,16)86-62)41(5)35-82-87(66(12,13)14,48-28-24-22-25-29-48)49-30-26-23-27-31-49/h20-31,34,40-41,43-44,54,56-57,61-62H,1-2,32-33,35-38H2,3-19H3,(H,71,72)/b39-34+/t40-,41+,43+,44?,54-,56-,57+,61+,62+/m0/s1. The van der Waals surface area contributed by atoms with Gasteiger partial charge >= 0.3 is 23.9 Å². The van der Waals surface area contributed by atoms with Crippen LogP contribution in [-0.4, -0.2) is 135 Å². The van der Waals surface area contributed by atoms with Crippen LogP contribution < -0.4 is 29.3 Å². The lowest BCUT2D eigenvalue weighted by Gasteiger charge is -2.51. The minimum Gasteiger partial charge on any atom is -0.488 e. The fraction of sp³-hybridized carbons (Fsp3) is 0.507. The van der Waals surface area contributed by atoms with Gasteiger partial charge in [0.2, 0.25) is 0 Å². The zero-order chi connectivity index (χ0) is 64.7. The Bertz CT molecular complexity index is 3040. The first-order chi connectivity index (χ1) is 41.1. The molecule has 0 bridgehead atoms. The zero-order valence-electron chi connectivity index (χ0n) is 53.7. The monoisotopic (exact) mass is 1230 g/mol. The molecule has 87 heavy (non-hydrogen) atoms. The smallest absolute Gasteiger partial charge is 0.339 e. The maximum Gasteiger partial charge on any atom is 0.339 e. The fourth-order valence-corrected chi connectivity index (χ4v) is 16.7. The van der Waals surface area contributed by atoms with Gasteiger partial charge in [-0.05, 0) is 55.6 Å². The third kappa shape index (κ3) is 16.2. The SMILES string of the molecule is C=CCOC(=O)[C@@H]([C@H](OC(C)=O)[C@H](C)[C@@H](OC(C)=O)[C@@H](C)/C=C(\C)C(=O)c1c(OCOC)c(C)c(OCC=C)c2c(OCOC)c(C(=O)O)c(C)c(OCOC)c12)[C@@H]1OC(C)(C)O[C@H]([C@H](C)CO[Si](c2ccccc2)(c2ccccc2)C(C)(C)C)C1C. The van der Waals surface area contributed by atoms with E-state index in [0.29, 0.717) is 0 Å². The molecule has 0 aromatic heterocycles. The summed E-state index contributed by atoms with van der Waals surface area (Å²) < 4.78 is 80.1. The first kappa shape index (κ1) is 70.8. The van der Waals surface area contributed by atoms with E-state index in [-0.39, 0.29) is 106 Å². The van der Waals surface area contributed by atoms with E-state index in [2.05, 4.69) is 58.2 Å². The highest BCUT2D eigenvalue weighted by Crippen LogP contribution is 2.53. The summed E-state index contributed by atoms with van der Waals surface area (Å²) in [6.07, 6.45) is 0.218. The molecule has 0 radical (unpaired) electrons. The van der Waals surface area contributed by atoms with Crippen molar-refractivity contribution in [2.24, 2.45) is 29.6 Å². The molecule has 1 fully saturated rings. The van der Waals surface area contributed by atoms with Crippen LogP contribution in [0.4, 0.5) is 0 Å². The van der Waals surface area contributed by atoms with Crippen molar-refractivity contribution in [1.82, 2.24) is 0 Å². The topological polar surface area (TPSA) is 226 Å². The van der Waals surface area contributed by atoms with Gasteiger partial charge in [-0.25, -0.2) is 4.79 Å². The molecule has 4 aromatic carbocycles. The van der Waals surface area contributed by atoms with E-state index in [1.54, 1.807) is 47.6 Å². The van der Waals surface area contributed by atoms with E-state index in [1.165, 1.54) is 54.3 Å². The minimum absolute atomic E-state index is 0.00682. The maximum absolute atomic E-state index is 15.7. The molecular weight excluding hydrogens is 1140 g/mol. The average Bonchev–Trinajstić information content (AvgIpc) is 0.765. The quantitative estimate of drug-likeness (QED) is 0.00912. The number of hydrogen-bond donors (Lipinski definition) is 1. The van der Waals surface area contributed by atoms with Crippen molar-refractivity contribution in [1.29, 1.82) is 0 Å². The highest BCUT2D eigenvalue weighted by atomic mass is 28.4. The fourth-order valence-electron chi connectivity index (χ4n) is 12.0. The molecule has 0 aliphatic carbocycles. The molecule has 1 N–H and O–H groups in total. The number of rotatable bonds is 32. The Balaban J connectivity index is 1.70. The predicted octanol–water partition coefficient (Wildman–Crippen LogP) is 10.6. The summed E-state index contributed by atoms with van der Waals surface area (Å²) in [4.78, 5) is 70.9. The summed E-state index contributed by atoms with van der Waals surface area (Å²) in [5.41, 5.74) is -0.00547. The molecule has 1 saturated heterocycles. The van der Waals surface area contributed by atoms with Crippen LogP contribution in [0.25, 0.3) is 10.8 Å². The number of carboxylic acid groups (broad SMARTS) is 1. The van der Waals surface area contributed by atoms with Crippen molar-refractivity contribution in [3.8, 4) is 23.0 Å². The number of aromatic carboxylic acids is 1. The number of ketones is 1. The summed E-state index contributed by atoms with van der Waals surface area (Å²) in [7, 11) is 1.11. The van der Waals surface area contributed by atoms with Crippen molar-refractivity contribution in [3.05, 3.63) is 120 Å². The largest absolute Gasteiger partial charge is 0.488 e. The van der Waals surface area contributed by atoms with Gasteiger partial charge in [-0.15, -0.1) is 0 Å². The lowest BCUT2D eigenvalue weighted by molar-refractivity contribution is -0.339. The van der Waals surface area contributed by atoms with Crippen molar-refractivity contribution in [3.63, 3.8) is 0 Å². The van der Waals surface area contributed by atoms with Gasteiger partial charge in [0, 0.05) is 82.0 Å². The van der Waals surface area contributed by atoms with Crippen molar-refractivity contribution in [2.75, 3.05) is 61.5 Å². The first-order valence-corrected chi connectivity index (χ1v) is 31.0. The Kier molecular flexibility index (Phi) is 25.5. The van der Waals surface area contributed by atoms with Crippen LogP contribution in [0.3, 0.4) is 0 Å². The van der Waals surface area contributed by atoms with Crippen LogP contribution in [0.2, 0.25) is 5.04 Å². The molecule has 0 saturated carbocycles. The molecule has 476 valence electrons.